The van der Waals surface area contributed by atoms with Crippen LogP contribution < -0.4 is 0 Å². The Kier molecular flexibility index (Phi) is 1.26. The molecule has 0 aliphatic heterocycles. The lowest BCUT2D eigenvalue weighted by Crippen LogP contribution is -1.77. The summed E-state index contributed by atoms with van der Waals surface area (Å²) < 4.78 is 0. The third-order valence-corrected chi connectivity index (χ3v) is 2.12. The first-order valence-corrected chi connectivity index (χ1v) is 3.78. The average molecular weight is 131 g/mol. The van der Waals surface area contributed by atoms with E-state index in [0.717, 1.165) is 11.8 Å². The third-order valence-electron chi connectivity index (χ3n) is 2.12. The van der Waals surface area contributed by atoms with Crippen molar-refractivity contribution in [2.24, 2.45) is 5.92 Å². The minimum Gasteiger partial charge on any atom is -0.0622 e. The van der Waals surface area contributed by atoms with E-state index < -0.39 is 0 Å². The van der Waals surface area contributed by atoms with Gasteiger partial charge in [-0.05, 0) is 23.8 Å². The molecule has 1 aliphatic rings. The van der Waals surface area contributed by atoms with Crippen LogP contribution in [0.1, 0.15) is 18.4 Å². The first-order chi connectivity index (χ1) is 4.88. The molecule has 1 aromatic carbocycles. The van der Waals surface area contributed by atoms with Crippen molar-refractivity contribution in [3.05, 3.63) is 42.3 Å². The molecule has 2 unspecified atom stereocenters. The molecule has 2 atom stereocenters. The van der Waals surface area contributed by atoms with E-state index in [1.807, 2.05) is 0 Å². The maximum atomic E-state index is 2.37. The molecule has 1 radical (unpaired) electrons. The van der Waals surface area contributed by atoms with Gasteiger partial charge in [-0.3, -0.25) is 0 Å². The van der Waals surface area contributed by atoms with Crippen molar-refractivity contribution in [2.75, 3.05) is 0 Å². The molecule has 1 saturated carbocycles. The molecule has 0 heterocycles. The van der Waals surface area contributed by atoms with Gasteiger partial charge in [0.25, 0.3) is 0 Å². The second-order valence-electron chi connectivity index (χ2n) is 2.99. The van der Waals surface area contributed by atoms with Gasteiger partial charge in [0.15, 0.2) is 0 Å². The number of benzene rings is 1. The van der Waals surface area contributed by atoms with Crippen LogP contribution in [0.4, 0.5) is 0 Å². The van der Waals surface area contributed by atoms with Gasteiger partial charge in [-0.25, -0.2) is 0 Å². The molecule has 0 heteroatoms. The fraction of sp³-hybridized carbons (Fsp3) is 0.300. The first kappa shape index (κ1) is 5.96. The van der Waals surface area contributed by atoms with Crippen LogP contribution in [0, 0.1) is 12.3 Å². The van der Waals surface area contributed by atoms with Gasteiger partial charge >= 0.3 is 0 Å². The summed E-state index contributed by atoms with van der Waals surface area (Å²) in [6, 6.07) is 10.7. The minimum atomic E-state index is 0.751. The summed E-state index contributed by atoms with van der Waals surface area (Å²) in [7, 11) is 0. The fourth-order valence-electron chi connectivity index (χ4n) is 1.35. The zero-order chi connectivity index (χ0) is 6.97. The summed E-state index contributed by atoms with van der Waals surface area (Å²) in [5.74, 6) is 1.56. The van der Waals surface area contributed by atoms with Crippen LogP contribution in [0.25, 0.3) is 0 Å². The number of rotatable bonds is 1. The normalized spacial score (nSPS) is 30.1. The Bertz CT molecular complexity index is 213. The van der Waals surface area contributed by atoms with Gasteiger partial charge in [-0.2, -0.15) is 0 Å². The standard InChI is InChI=1S/C10H11/c1-8-7-10(8)9-5-3-2-4-6-9/h2-8,10H,1H3. The highest BCUT2D eigenvalue weighted by atomic mass is 14.4. The lowest BCUT2D eigenvalue weighted by atomic mass is 10.1. The van der Waals surface area contributed by atoms with Crippen LogP contribution in [0.2, 0.25) is 0 Å². The van der Waals surface area contributed by atoms with E-state index in [-0.39, 0.29) is 0 Å². The monoisotopic (exact) mass is 131 g/mol. The molecule has 0 saturated heterocycles. The maximum absolute atomic E-state index is 2.37. The molecule has 0 N–H and O–H groups in total. The summed E-state index contributed by atoms with van der Waals surface area (Å²) >= 11 is 0. The predicted molar refractivity (Wildman–Crippen MR) is 42.6 cm³/mol. The Morgan fingerprint density at radius 3 is 2.20 bits per heavy atom. The third kappa shape index (κ3) is 0.942. The molecule has 1 aromatic rings. The van der Waals surface area contributed by atoms with Crippen LogP contribution in [0.3, 0.4) is 0 Å². The largest absolute Gasteiger partial charge is 0.0622 e. The zero-order valence-corrected chi connectivity index (χ0v) is 6.12. The molecular formula is C10H11. The summed E-state index contributed by atoms with van der Waals surface area (Å²) in [6.07, 6.45) is 2.37. The molecular weight excluding hydrogens is 120 g/mol. The Morgan fingerprint density at radius 2 is 1.70 bits per heavy atom. The summed E-state index contributed by atoms with van der Waals surface area (Å²) in [6.45, 7) is 2.26. The Hall–Kier alpha value is -0.780. The second-order valence-corrected chi connectivity index (χ2v) is 2.99. The number of hydrogen-bond acceptors (Lipinski definition) is 0. The quantitative estimate of drug-likeness (QED) is 0.549. The molecule has 0 aromatic heterocycles. The molecule has 51 valence electrons. The highest BCUT2D eigenvalue weighted by Crippen LogP contribution is 2.45. The van der Waals surface area contributed by atoms with E-state index in [1.165, 1.54) is 5.56 Å². The molecule has 0 spiro atoms. The van der Waals surface area contributed by atoms with Crippen molar-refractivity contribution in [1.29, 1.82) is 0 Å². The van der Waals surface area contributed by atoms with Crippen LogP contribution in [0.15, 0.2) is 30.3 Å². The SMILES string of the molecule is CC1[CH]C1c1ccccc1. The zero-order valence-electron chi connectivity index (χ0n) is 6.12. The second kappa shape index (κ2) is 2.12. The average Bonchev–Trinajstić information content (AvgIpc) is 2.69. The molecule has 1 fully saturated rings. The van der Waals surface area contributed by atoms with E-state index >= 15 is 0 Å². The Morgan fingerprint density at radius 1 is 1.10 bits per heavy atom. The first-order valence-electron chi connectivity index (χ1n) is 3.78. The van der Waals surface area contributed by atoms with Crippen LogP contribution >= 0.6 is 0 Å². The van der Waals surface area contributed by atoms with E-state index in [0.29, 0.717) is 0 Å². The lowest BCUT2D eigenvalue weighted by Gasteiger charge is -1.94. The van der Waals surface area contributed by atoms with Gasteiger partial charge in [0.2, 0.25) is 0 Å². The van der Waals surface area contributed by atoms with Crippen molar-refractivity contribution >= 4 is 0 Å². The van der Waals surface area contributed by atoms with Crippen LogP contribution in [0.5, 0.6) is 0 Å². The molecule has 0 nitrogen and oxygen atoms in total. The predicted octanol–water partition coefficient (Wildman–Crippen LogP) is 2.62. The summed E-state index contributed by atoms with van der Waals surface area (Å²) in [4.78, 5) is 0. The summed E-state index contributed by atoms with van der Waals surface area (Å²) in [5.41, 5.74) is 1.47. The van der Waals surface area contributed by atoms with E-state index in [1.54, 1.807) is 0 Å². The van der Waals surface area contributed by atoms with Crippen LogP contribution in [-0.2, 0) is 0 Å². The van der Waals surface area contributed by atoms with Crippen molar-refractivity contribution in [3.8, 4) is 0 Å². The topological polar surface area (TPSA) is 0 Å². The van der Waals surface area contributed by atoms with E-state index in [9.17, 15) is 0 Å². The highest BCUT2D eigenvalue weighted by Gasteiger charge is 2.33. The fourth-order valence-corrected chi connectivity index (χ4v) is 1.35. The van der Waals surface area contributed by atoms with Crippen molar-refractivity contribution in [3.63, 3.8) is 0 Å². The van der Waals surface area contributed by atoms with E-state index in [4.69, 9.17) is 0 Å². The van der Waals surface area contributed by atoms with Gasteiger partial charge in [-0.1, -0.05) is 37.3 Å². The molecule has 0 bridgehead atoms. The molecule has 1 aliphatic carbocycles. The molecule has 0 amide bonds. The van der Waals surface area contributed by atoms with Crippen LogP contribution in [-0.4, -0.2) is 0 Å². The smallest absolute Gasteiger partial charge is 0.00992 e. The Balaban J connectivity index is 2.20. The van der Waals surface area contributed by atoms with Crippen molar-refractivity contribution < 1.29 is 0 Å². The minimum absolute atomic E-state index is 0.751. The van der Waals surface area contributed by atoms with Crippen molar-refractivity contribution in [1.82, 2.24) is 0 Å². The number of hydrogen-bond donors (Lipinski definition) is 0. The molecule has 2 rings (SSSR count). The van der Waals surface area contributed by atoms with Gasteiger partial charge in [0.1, 0.15) is 0 Å². The van der Waals surface area contributed by atoms with Gasteiger partial charge in [0.05, 0.1) is 0 Å². The van der Waals surface area contributed by atoms with Gasteiger partial charge in [-0.15, -0.1) is 0 Å². The summed E-state index contributed by atoms with van der Waals surface area (Å²) in [5, 5.41) is 0. The lowest BCUT2D eigenvalue weighted by molar-refractivity contribution is 0.920. The molecule has 10 heavy (non-hydrogen) atoms. The van der Waals surface area contributed by atoms with Gasteiger partial charge < -0.3 is 0 Å². The Labute approximate surface area is 61.9 Å². The van der Waals surface area contributed by atoms with Gasteiger partial charge in [0, 0.05) is 0 Å². The maximum Gasteiger partial charge on any atom is -0.00992 e. The van der Waals surface area contributed by atoms with Crippen molar-refractivity contribution in [2.45, 2.75) is 12.8 Å². The van der Waals surface area contributed by atoms with E-state index in [2.05, 4.69) is 43.7 Å². The highest BCUT2D eigenvalue weighted by molar-refractivity contribution is 5.31.